The lowest BCUT2D eigenvalue weighted by atomic mass is 10.3. The van der Waals surface area contributed by atoms with Crippen molar-refractivity contribution in [3.8, 4) is 11.4 Å². The van der Waals surface area contributed by atoms with Crippen molar-refractivity contribution in [3.63, 3.8) is 0 Å². The molecule has 1 aliphatic rings. The molecule has 2 aromatic rings. The summed E-state index contributed by atoms with van der Waals surface area (Å²) in [6.45, 7) is 0. The van der Waals surface area contributed by atoms with Crippen molar-refractivity contribution in [2.45, 2.75) is 18.9 Å². The summed E-state index contributed by atoms with van der Waals surface area (Å²) >= 11 is 3.57. The molecular weight excluding hydrogens is 294 g/mol. The smallest absolute Gasteiger partial charge is 0.207 e. The molecular formula is C13H14BrN3O. The van der Waals surface area contributed by atoms with Crippen molar-refractivity contribution in [1.29, 1.82) is 0 Å². The predicted octanol–water partition coefficient (Wildman–Crippen LogP) is 3.22. The van der Waals surface area contributed by atoms with E-state index in [0.29, 0.717) is 6.04 Å². The van der Waals surface area contributed by atoms with Gasteiger partial charge in [-0.3, -0.25) is 4.57 Å². The second kappa shape index (κ2) is 4.65. The first-order valence-corrected chi connectivity index (χ1v) is 6.71. The summed E-state index contributed by atoms with van der Waals surface area (Å²) in [6.07, 6.45) is 6.21. The van der Waals surface area contributed by atoms with Crippen molar-refractivity contribution < 1.29 is 4.74 Å². The molecule has 0 spiro atoms. The summed E-state index contributed by atoms with van der Waals surface area (Å²) in [5.74, 6) is 1.71. The minimum Gasteiger partial charge on any atom is -0.497 e. The summed E-state index contributed by atoms with van der Waals surface area (Å²) in [4.78, 5) is 4.36. The number of aromatic nitrogens is 2. The van der Waals surface area contributed by atoms with Gasteiger partial charge in [0.25, 0.3) is 0 Å². The highest BCUT2D eigenvalue weighted by molar-refractivity contribution is 9.10. The zero-order chi connectivity index (χ0) is 12.5. The van der Waals surface area contributed by atoms with Gasteiger partial charge in [0, 0.05) is 29.0 Å². The third-order valence-corrected chi connectivity index (χ3v) is 3.63. The number of nitrogens with one attached hydrogen (secondary N) is 1. The van der Waals surface area contributed by atoms with Crippen LogP contribution in [0.3, 0.4) is 0 Å². The van der Waals surface area contributed by atoms with Gasteiger partial charge in [0.15, 0.2) is 0 Å². The van der Waals surface area contributed by atoms with Gasteiger partial charge in [0.2, 0.25) is 5.95 Å². The summed E-state index contributed by atoms with van der Waals surface area (Å²) in [7, 11) is 1.67. The molecule has 4 nitrogen and oxygen atoms in total. The van der Waals surface area contributed by atoms with Crippen LogP contribution in [0.5, 0.6) is 5.75 Å². The maximum absolute atomic E-state index is 5.27. The van der Waals surface area contributed by atoms with Crippen LogP contribution in [0.2, 0.25) is 0 Å². The highest BCUT2D eigenvalue weighted by atomic mass is 79.9. The maximum Gasteiger partial charge on any atom is 0.207 e. The Hall–Kier alpha value is -1.49. The highest BCUT2D eigenvalue weighted by Gasteiger charge is 2.23. The zero-order valence-electron chi connectivity index (χ0n) is 10.1. The molecule has 1 aromatic heterocycles. The fraction of sp³-hybridized carbons (Fsp3) is 0.308. The normalized spacial score (nSPS) is 14.6. The molecule has 1 aliphatic carbocycles. The van der Waals surface area contributed by atoms with Crippen molar-refractivity contribution in [2.75, 3.05) is 12.4 Å². The van der Waals surface area contributed by atoms with E-state index in [9.17, 15) is 0 Å². The lowest BCUT2D eigenvalue weighted by Crippen LogP contribution is -2.08. The standard InChI is InChI=1S/C13H14BrN3O/c1-18-10-4-5-11(14)12(8-10)17-7-6-15-13(17)16-9-2-3-9/h4-9H,2-3H2,1H3,(H,15,16). The molecule has 0 atom stereocenters. The maximum atomic E-state index is 5.27. The van der Waals surface area contributed by atoms with Crippen LogP contribution in [0, 0.1) is 0 Å². The second-order valence-electron chi connectivity index (χ2n) is 4.36. The molecule has 1 heterocycles. The first-order chi connectivity index (χ1) is 8.78. The molecule has 1 aromatic carbocycles. The number of imidazole rings is 1. The van der Waals surface area contributed by atoms with Crippen molar-refractivity contribution in [1.82, 2.24) is 9.55 Å². The Bertz CT molecular complexity index is 563. The summed E-state index contributed by atoms with van der Waals surface area (Å²) < 4.78 is 8.31. The number of methoxy groups -OCH3 is 1. The molecule has 94 valence electrons. The van der Waals surface area contributed by atoms with Gasteiger partial charge in [-0.05, 0) is 40.9 Å². The fourth-order valence-corrected chi connectivity index (χ4v) is 2.26. The largest absolute Gasteiger partial charge is 0.497 e. The van der Waals surface area contributed by atoms with Crippen LogP contribution in [0.4, 0.5) is 5.95 Å². The molecule has 0 amide bonds. The average Bonchev–Trinajstić information content (AvgIpc) is 3.07. The van der Waals surface area contributed by atoms with Gasteiger partial charge in [-0.25, -0.2) is 4.98 Å². The number of ether oxygens (including phenoxy) is 1. The lowest BCUT2D eigenvalue weighted by molar-refractivity contribution is 0.414. The summed E-state index contributed by atoms with van der Waals surface area (Å²) in [5.41, 5.74) is 1.02. The van der Waals surface area contributed by atoms with E-state index >= 15 is 0 Å². The van der Waals surface area contributed by atoms with Crippen LogP contribution in [0.25, 0.3) is 5.69 Å². The molecule has 0 unspecified atom stereocenters. The molecule has 5 heteroatoms. The van der Waals surface area contributed by atoms with E-state index < -0.39 is 0 Å². The Kier molecular flexibility index (Phi) is 2.99. The van der Waals surface area contributed by atoms with Gasteiger partial charge in [-0.2, -0.15) is 0 Å². The van der Waals surface area contributed by atoms with Crippen LogP contribution >= 0.6 is 15.9 Å². The molecule has 0 saturated heterocycles. The molecule has 1 N–H and O–H groups in total. The fourth-order valence-electron chi connectivity index (χ4n) is 1.82. The van der Waals surface area contributed by atoms with Gasteiger partial charge in [-0.1, -0.05) is 0 Å². The molecule has 3 rings (SSSR count). The van der Waals surface area contributed by atoms with E-state index in [-0.39, 0.29) is 0 Å². The Balaban J connectivity index is 2.00. The van der Waals surface area contributed by atoms with Crippen LogP contribution < -0.4 is 10.1 Å². The van der Waals surface area contributed by atoms with E-state index in [2.05, 4.69) is 26.2 Å². The van der Waals surface area contributed by atoms with E-state index in [1.165, 1.54) is 12.8 Å². The van der Waals surface area contributed by atoms with E-state index in [0.717, 1.165) is 21.9 Å². The van der Waals surface area contributed by atoms with Crippen molar-refractivity contribution in [3.05, 3.63) is 35.1 Å². The number of hydrogen-bond donors (Lipinski definition) is 1. The minimum absolute atomic E-state index is 0.579. The first-order valence-electron chi connectivity index (χ1n) is 5.92. The number of nitrogens with zero attached hydrogens (tertiary/aromatic N) is 2. The average molecular weight is 308 g/mol. The van der Waals surface area contributed by atoms with Gasteiger partial charge >= 0.3 is 0 Å². The molecule has 0 bridgehead atoms. The minimum atomic E-state index is 0.579. The number of halogens is 1. The SMILES string of the molecule is COc1ccc(Br)c(-n2ccnc2NC2CC2)c1. The number of benzene rings is 1. The predicted molar refractivity (Wildman–Crippen MR) is 74.5 cm³/mol. The van der Waals surface area contributed by atoms with Crippen LogP contribution in [-0.2, 0) is 0 Å². The van der Waals surface area contributed by atoms with Crippen molar-refractivity contribution >= 4 is 21.9 Å². The molecule has 0 aliphatic heterocycles. The third-order valence-electron chi connectivity index (χ3n) is 2.96. The van der Waals surface area contributed by atoms with E-state index in [4.69, 9.17) is 4.74 Å². The molecule has 18 heavy (non-hydrogen) atoms. The van der Waals surface area contributed by atoms with Crippen LogP contribution in [-0.4, -0.2) is 22.7 Å². The van der Waals surface area contributed by atoms with E-state index in [1.54, 1.807) is 13.3 Å². The molecule has 1 saturated carbocycles. The number of hydrogen-bond acceptors (Lipinski definition) is 3. The van der Waals surface area contributed by atoms with Gasteiger partial charge in [0.05, 0.1) is 12.8 Å². The van der Waals surface area contributed by atoms with Crippen LogP contribution in [0.1, 0.15) is 12.8 Å². The van der Waals surface area contributed by atoms with E-state index in [1.807, 2.05) is 29.0 Å². The Morgan fingerprint density at radius 2 is 2.28 bits per heavy atom. The highest BCUT2D eigenvalue weighted by Crippen LogP contribution is 2.30. The van der Waals surface area contributed by atoms with Gasteiger partial charge in [-0.15, -0.1) is 0 Å². The Morgan fingerprint density at radius 3 is 3.00 bits per heavy atom. The van der Waals surface area contributed by atoms with Crippen LogP contribution in [0.15, 0.2) is 35.1 Å². The van der Waals surface area contributed by atoms with Gasteiger partial charge in [0.1, 0.15) is 5.75 Å². The summed E-state index contributed by atoms with van der Waals surface area (Å²) in [5, 5.41) is 3.42. The number of rotatable bonds is 4. The topological polar surface area (TPSA) is 39.1 Å². The Labute approximate surface area is 114 Å². The molecule has 0 radical (unpaired) electrons. The zero-order valence-corrected chi connectivity index (χ0v) is 11.6. The monoisotopic (exact) mass is 307 g/mol. The third kappa shape index (κ3) is 2.22. The quantitative estimate of drug-likeness (QED) is 0.942. The van der Waals surface area contributed by atoms with Gasteiger partial charge < -0.3 is 10.1 Å². The lowest BCUT2D eigenvalue weighted by Gasteiger charge is -2.12. The first kappa shape index (κ1) is 11.6. The Morgan fingerprint density at radius 1 is 1.44 bits per heavy atom. The number of anilines is 1. The summed E-state index contributed by atoms with van der Waals surface area (Å²) in [6, 6.07) is 6.48. The second-order valence-corrected chi connectivity index (χ2v) is 5.21. The van der Waals surface area contributed by atoms with Crippen molar-refractivity contribution in [2.24, 2.45) is 0 Å². The molecule has 1 fully saturated rings.